The molecule has 1 atom stereocenters. The van der Waals surface area contributed by atoms with Crippen LogP contribution in [0.4, 0.5) is 5.69 Å². The van der Waals surface area contributed by atoms with Crippen molar-refractivity contribution < 1.29 is 14.7 Å². The summed E-state index contributed by atoms with van der Waals surface area (Å²) >= 11 is 1.16. The molecular formula is C14H19NO3S. The molecule has 1 aromatic rings. The van der Waals surface area contributed by atoms with Gasteiger partial charge in [0.05, 0.1) is 5.75 Å². The summed E-state index contributed by atoms with van der Waals surface area (Å²) in [6.45, 7) is 3.85. The smallest absolute Gasteiger partial charge is 0.316 e. The number of aliphatic carboxylic acids is 1. The highest BCUT2D eigenvalue weighted by molar-refractivity contribution is 8.01. The van der Waals surface area contributed by atoms with Crippen LogP contribution < -0.4 is 5.32 Å². The second kappa shape index (κ2) is 7.84. The van der Waals surface area contributed by atoms with Crippen molar-refractivity contribution >= 4 is 29.3 Å². The third-order valence-electron chi connectivity index (χ3n) is 2.68. The molecule has 0 aliphatic heterocycles. The van der Waals surface area contributed by atoms with E-state index < -0.39 is 11.2 Å². The number of carbonyl (C=O) groups is 2. The summed E-state index contributed by atoms with van der Waals surface area (Å²) in [5, 5.41) is 11.2. The van der Waals surface area contributed by atoms with Crippen molar-refractivity contribution in [3.05, 3.63) is 29.8 Å². The summed E-state index contributed by atoms with van der Waals surface area (Å²) < 4.78 is 0. The molecule has 1 aromatic carbocycles. The SMILES string of the molecule is CCc1cccc(NC(=O)CSC(CC)C(=O)O)c1. The molecule has 0 spiro atoms. The van der Waals surface area contributed by atoms with E-state index in [9.17, 15) is 9.59 Å². The summed E-state index contributed by atoms with van der Waals surface area (Å²) in [4.78, 5) is 22.6. The van der Waals surface area contributed by atoms with Crippen LogP contribution in [0.2, 0.25) is 0 Å². The van der Waals surface area contributed by atoms with E-state index in [4.69, 9.17) is 5.11 Å². The standard InChI is InChI=1S/C14H19NO3S/c1-3-10-6-5-7-11(8-10)15-13(16)9-19-12(4-2)14(17)18/h5-8,12H,3-4,9H2,1-2H3,(H,15,16)(H,17,18). The van der Waals surface area contributed by atoms with Gasteiger partial charge in [-0.2, -0.15) is 0 Å². The minimum atomic E-state index is -0.867. The van der Waals surface area contributed by atoms with E-state index in [1.165, 1.54) is 0 Å². The van der Waals surface area contributed by atoms with Crippen molar-refractivity contribution in [1.29, 1.82) is 0 Å². The number of carbonyl (C=O) groups excluding carboxylic acids is 1. The van der Waals surface area contributed by atoms with Gasteiger partial charge in [-0.25, -0.2) is 0 Å². The van der Waals surface area contributed by atoms with Crippen LogP contribution in [0.25, 0.3) is 0 Å². The monoisotopic (exact) mass is 281 g/mol. The van der Waals surface area contributed by atoms with E-state index in [-0.39, 0.29) is 11.7 Å². The number of nitrogens with one attached hydrogen (secondary N) is 1. The molecule has 0 radical (unpaired) electrons. The number of anilines is 1. The lowest BCUT2D eigenvalue weighted by molar-refractivity contribution is -0.136. The first kappa shape index (κ1) is 15.6. The summed E-state index contributed by atoms with van der Waals surface area (Å²) in [6, 6.07) is 7.66. The Bertz CT molecular complexity index is 448. The first-order chi connectivity index (χ1) is 9.06. The molecule has 0 heterocycles. The average molecular weight is 281 g/mol. The molecule has 0 aliphatic carbocycles. The highest BCUT2D eigenvalue weighted by Gasteiger charge is 2.17. The van der Waals surface area contributed by atoms with Gasteiger partial charge in [-0.05, 0) is 30.5 Å². The fraction of sp³-hybridized carbons (Fsp3) is 0.429. The number of hydrogen-bond donors (Lipinski definition) is 2. The number of carboxylic acid groups (broad SMARTS) is 1. The molecule has 0 aliphatic rings. The Morgan fingerprint density at radius 3 is 2.68 bits per heavy atom. The molecule has 5 heteroatoms. The maximum atomic E-state index is 11.7. The summed E-state index contributed by atoms with van der Waals surface area (Å²) in [5.74, 6) is -0.882. The molecule has 0 aromatic heterocycles. The third-order valence-corrected chi connectivity index (χ3v) is 4.05. The van der Waals surface area contributed by atoms with Gasteiger partial charge in [0.2, 0.25) is 5.91 Å². The van der Waals surface area contributed by atoms with Crippen molar-refractivity contribution in [2.75, 3.05) is 11.1 Å². The van der Waals surface area contributed by atoms with Gasteiger partial charge in [-0.3, -0.25) is 9.59 Å². The molecule has 0 saturated heterocycles. The van der Waals surface area contributed by atoms with Crippen molar-refractivity contribution in [3.8, 4) is 0 Å². The van der Waals surface area contributed by atoms with Crippen molar-refractivity contribution in [1.82, 2.24) is 0 Å². The van der Waals surface area contributed by atoms with Gasteiger partial charge < -0.3 is 10.4 Å². The van der Waals surface area contributed by atoms with E-state index in [0.717, 1.165) is 29.4 Å². The second-order valence-electron chi connectivity index (χ2n) is 4.15. The van der Waals surface area contributed by atoms with Crippen LogP contribution >= 0.6 is 11.8 Å². The predicted octanol–water partition coefficient (Wildman–Crippen LogP) is 2.78. The Morgan fingerprint density at radius 2 is 2.11 bits per heavy atom. The lowest BCUT2D eigenvalue weighted by Crippen LogP contribution is -2.20. The van der Waals surface area contributed by atoms with Gasteiger partial charge in [-0.15, -0.1) is 11.8 Å². The average Bonchev–Trinajstić information content (AvgIpc) is 2.39. The molecule has 0 saturated carbocycles. The first-order valence-electron chi connectivity index (χ1n) is 6.30. The molecule has 1 rings (SSSR count). The Hall–Kier alpha value is -1.49. The molecule has 104 valence electrons. The van der Waals surface area contributed by atoms with Gasteiger partial charge in [0.15, 0.2) is 0 Å². The molecule has 4 nitrogen and oxygen atoms in total. The van der Waals surface area contributed by atoms with E-state index in [0.29, 0.717) is 6.42 Å². The van der Waals surface area contributed by atoms with Gasteiger partial charge in [0.1, 0.15) is 5.25 Å². The molecule has 0 bridgehead atoms. The van der Waals surface area contributed by atoms with Crippen LogP contribution in [0.15, 0.2) is 24.3 Å². The number of thioether (sulfide) groups is 1. The zero-order valence-electron chi connectivity index (χ0n) is 11.2. The lowest BCUT2D eigenvalue weighted by atomic mass is 10.1. The predicted molar refractivity (Wildman–Crippen MR) is 78.6 cm³/mol. The van der Waals surface area contributed by atoms with E-state index in [1.807, 2.05) is 24.3 Å². The molecular weight excluding hydrogens is 262 g/mol. The van der Waals surface area contributed by atoms with E-state index in [1.54, 1.807) is 6.92 Å². The zero-order valence-corrected chi connectivity index (χ0v) is 12.0. The summed E-state index contributed by atoms with van der Waals surface area (Å²) in [6.07, 6.45) is 1.42. The van der Waals surface area contributed by atoms with Crippen LogP contribution in [0.3, 0.4) is 0 Å². The third kappa shape index (κ3) is 5.34. The normalized spacial score (nSPS) is 11.9. The maximum Gasteiger partial charge on any atom is 0.316 e. The van der Waals surface area contributed by atoms with Crippen LogP contribution in [-0.2, 0) is 16.0 Å². The van der Waals surface area contributed by atoms with Crippen molar-refractivity contribution in [2.24, 2.45) is 0 Å². The van der Waals surface area contributed by atoms with Crippen LogP contribution in [0, 0.1) is 0 Å². The topological polar surface area (TPSA) is 66.4 Å². The van der Waals surface area contributed by atoms with Crippen LogP contribution in [0.1, 0.15) is 25.8 Å². The largest absolute Gasteiger partial charge is 0.480 e. The molecule has 19 heavy (non-hydrogen) atoms. The van der Waals surface area contributed by atoms with E-state index >= 15 is 0 Å². The second-order valence-corrected chi connectivity index (χ2v) is 5.34. The highest BCUT2D eigenvalue weighted by Crippen LogP contribution is 2.16. The molecule has 1 unspecified atom stereocenters. The number of benzene rings is 1. The van der Waals surface area contributed by atoms with Crippen molar-refractivity contribution in [3.63, 3.8) is 0 Å². The van der Waals surface area contributed by atoms with Crippen LogP contribution in [-0.4, -0.2) is 28.0 Å². The molecule has 2 N–H and O–H groups in total. The minimum absolute atomic E-state index is 0.154. The van der Waals surface area contributed by atoms with Gasteiger partial charge in [0, 0.05) is 5.69 Å². The number of aryl methyl sites for hydroxylation is 1. The van der Waals surface area contributed by atoms with E-state index in [2.05, 4.69) is 12.2 Å². The Morgan fingerprint density at radius 1 is 1.37 bits per heavy atom. The lowest BCUT2D eigenvalue weighted by Gasteiger charge is -2.10. The van der Waals surface area contributed by atoms with Gasteiger partial charge >= 0.3 is 5.97 Å². The Kier molecular flexibility index (Phi) is 6.42. The number of carboxylic acids is 1. The number of amides is 1. The van der Waals surface area contributed by atoms with Gasteiger partial charge in [-0.1, -0.05) is 26.0 Å². The highest BCUT2D eigenvalue weighted by atomic mass is 32.2. The van der Waals surface area contributed by atoms with Crippen LogP contribution in [0.5, 0.6) is 0 Å². The molecule has 0 fully saturated rings. The Balaban J connectivity index is 2.48. The zero-order chi connectivity index (χ0) is 14.3. The molecule has 1 amide bonds. The van der Waals surface area contributed by atoms with Crippen molar-refractivity contribution in [2.45, 2.75) is 31.9 Å². The fourth-order valence-corrected chi connectivity index (χ4v) is 2.41. The fourth-order valence-electron chi connectivity index (χ4n) is 1.61. The minimum Gasteiger partial charge on any atom is -0.480 e. The number of hydrogen-bond acceptors (Lipinski definition) is 3. The quantitative estimate of drug-likeness (QED) is 0.806. The Labute approximate surface area is 117 Å². The number of rotatable bonds is 7. The summed E-state index contributed by atoms with van der Waals surface area (Å²) in [5.41, 5.74) is 1.91. The van der Waals surface area contributed by atoms with Gasteiger partial charge in [0.25, 0.3) is 0 Å². The first-order valence-corrected chi connectivity index (χ1v) is 7.34. The summed E-state index contributed by atoms with van der Waals surface area (Å²) in [7, 11) is 0. The maximum absolute atomic E-state index is 11.7.